The summed E-state index contributed by atoms with van der Waals surface area (Å²) in [7, 11) is -0.483. The Kier molecular flexibility index (Phi) is 7.65. The predicted molar refractivity (Wildman–Crippen MR) is 104 cm³/mol. The van der Waals surface area contributed by atoms with Crippen molar-refractivity contribution in [1.29, 1.82) is 0 Å². The first-order chi connectivity index (χ1) is 12.4. The van der Waals surface area contributed by atoms with Gasteiger partial charge in [0.1, 0.15) is 0 Å². The Balaban J connectivity index is 1.93. The van der Waals surface area contributed by atoms with Gasteiger partial charge in [-0.15, -0.1) is 0 Å². The van der Waals surface area contributed by atoms with Crippen molar-refractivity contribution in [2.75, 3.05) is 14.1 Å². The van der Waals surface area contributed by atoms with Crippen LogP contribution in [-0.4, -0.2) is 32.7 Å². The molecule has 0 atom stereocenters. The first-order valence-electron chi connectivity index (χ1n) is 9.64. The van der Waals surface area contributed by atoms with Crippen LogP contribution in [0.2, 0.25) is 0 Å². The molecular formula is C20H32N2O3S. The highest BCUT2D eigenvalue weighted by atomic mass is 32.2. The normalized spacial score (nSPS) is 20.9. The van der Waals surface area contributed by atoms with Gasteiger partial charge in [0, 0.05) is 26.6 Å². The summed E-state index contributed by atoms with van der Waals surface area (Å²) in [5, 5.41) is 2.96. The lowest BCUT2D eigenvalue weighted by Crippen LogP contribution is -2.33. The average Bonchev–Trinajstić information content (AvgIpc) is 2.65. The summed E-state index contributed by atoms with van der Waals surface area (Å²) in [6, 6.07) is 6.86. The van der Waals surface area contributed by atoms with Crippen LogP contribution in [-0.2, 0) is 21.4 Å². The van der Waals surface area contributed by atoms with Crippen LogP contribution >= 0.6 is 0 Å². The Morgan fingerprint density at radius 1 is 1.15 bits per heavy atom. The number of amides is 1. The summed E-state index contributed by atoms with van der Waals surface area (Å²) in [4.78, 5) is 12.8. The Labute approximate surface area is 158 Å². The van der Waals surface area contributed by atoms with Crippen molar-refractivity contribution in [1.82, 2.24) is 9.62 Å². The lowest BCUT2D eigenvalue weighted by Gasteiger charge is -2.27. The molecule has 0 saturated heterocycles. The molecule has 2 rings (SSSR count). The van der Waals surface area contributed by atoms with E-state index < -0.39 is 10.0 Å². The third kappa shape index (κ3) is 5.30. The molecule has 0 unspecified atom stereocenters. The van der Waals surface area contributed by atoms with Gasteiger partial charge in [0.15, 0.2) is 0 Å². The highest BCUT2D eigenvalue weighted by molar-refractivity contribution is 7.89. The minimum atomic E-state index is -3.51. The Hall–Kier alpha value is -1.40. The summed E-state index contributed by atoms with van der Waals surface area (Å²) in [5.41, 5.74) is 0.631. The van der Waals surface area contributed by atoms with E-state index in [1.807, 2.05) is 0 Å². The SMILES string of the molecule is CCCCC1CCC(C(=O)NCc2ccccc2S(=O)(=O)N(C)C)CC1. The van der Waals surface area contributed by atoms with Crippen LogP contribution in [0, 0.1) is 11.8 Å². The fourth-order valence-electron chi connectivity index (χ4n) is 3.63. The quantitative estimate of drug-likeness (QED) is 0.750. The van der Waals surface area contributed by atoms with Gasteiger partial charge < -0.3 is 5.32 Å². The number of nitrogens with zero attached hydrogens (tertiary/aromatic N) is 1. The maximum Gasteiger partial charge on any atom is 0.242 e. The van der Waals surface area contributed by atoms with Crippen LogP contribution in [0.25, 0.3) is 0 Å². The minimum Gasteiger partial charge on any atom is -0.352 e. The third-order valence-electron chi connectivity index (χ3n) is 5.37. The second-order valence-electron chi connectivity index (χ2n) is 7.47. The van der Waals surface area contributed by atoms with E-state index in [1.165, 1.54) is 37.7 Å². The number of benzene rings is 1. The van der Waals surface area contributed by atoms with Gasteiger partial charge >= 0.3 is 0 Å². The van der Waals surface area contributed by atoms with E-state index in [4.69, 9.17) is 0 Å². The second kappa shape index (κ2) is 9.51. The van der Waals surface area contributed by atoms with Crippen LogP contribution in [0.4, 0.5) is 0 Å². The summed E-state index contributed by atoms with van der Waals surface area (Å²) in [6.45, 7) is 2.46. The van der Waals surface area contributed by atoms with Crippen LogP contribution in [0.3, 0.4) is 0 Å². The number of hydrogen-bond donors (Lipinski definition) is 1. The van der Waals surface area contributed by atoms with E-state index in [0.717, 1.165) is 31.6 Å². The fraction of sp³-hybridized carbons (Fsp3) is 0.650. The van der Waals surface area contributed by atoms with Gasteiger partial charge in [-0.25, -0.2) is 12.7 Å². The van der Waals surface area contributed by atoms with E-state index >= 15 is 0 Å². The summed E-state index contributed by atoms with van der Waals surface area (Å²) in [5.74, 6) is 0.881. The van der Waals surface area contributed by atoms with Crippen molar-refractivity contribution in [3.63, 3.8) is 0 Å². The zero-order chi connectivity index (χ0) is 19.2. The number of carbonyl (C=O) groups is 1. The molecule has 26 heavy (non-hydrogen) atoms. The number of rotatable bonds is 8. The predicted octanol–water partition coefficient (Wildman–Crippen LogP) is 3.55. The molecule has 1 amide bonds. The summed E-state index contributed by atoms with van der Waals surface area (Å²) < 4.78 is 26.1. The van der Waals surface area contributed by atoms with E-state index in [9.17, 15) is 13.2 Å². The Bertz CT molecular complexity index is 693. The zero-order valence-corrected chi connectivity index (χ0v) is 17.0. The monoisotopic (exact) mass is 380 g/mol. The van der Waals surface area contributed by atoms with Crippen molar-refractivity contribution in [3.05, 3.63) is 29.8 Å². The maximum absolute atomic E-state index is 12.5. The number of sulfonamides is 1. The first kappa shape index (κ1) is 20.9. The summed E-state index contributed by atoms with van der Waals surface area (Å²) in [6.07, 6.45) is 7.93. The van der Waals surface area contributed by atoms with E-state index in [2.05, 4.69) is 12.2 Å². The highest BCUT2D eigenvalue weighted by Crippen LogP contribution is 2.32. The topological polar surface area (TPSA) is 66.5 Å². The minimum absolute atomic E-state index is 0.0518. The molecule has 146 valence electrons. The molecule has 1 aromatic carbocycles. The van der Waals surface area contributed by atoms with Crippen LogP contribution in [0.15, 0.2) is 29.2 Å². The molecule has 0 spiro atoms. The molecular weight excluding hydrogens is 348 g/mol. The van der Waals surface area contributed by atoms with Gasteiger partial charge in [0.05, 0.1) is 4.90 Å². The number of carbonyl (C=O) groups excluding carboxylic acids is 1. The van der Waals surface area contributed by atoms with Gasteiger partial charge in [0.25, 0.3) is 0 Å². The van der Waals surface area contributed by atoms with Gasteiger partial charge in [-0.05, 0) is 43.2 Å². The molecule has 1 aromatic rings. The van der Waals surface area contributed by atoms with Crippen LogP contribution in [0.1, 0.15) is 57.4 Å². The largest absolute Gasteiger partial charge is 0.352 e. The van der Waals surface area contributed by atoms with Gasteiger partial charge in [-0.3, -0.25) is 4.79 Å². The first-order valence-corrected chi connectivity index (χ1v) is 11.1. The van der Waals surface area contributed by atoms with Crippen molar-refractivity contribution in [3.8, 4) is 0 Å². The molecule has 1 aliphatic carbocycles. The van der Waals surface area contributed by atoms with Crippen molar-refractivity contribution >= 4 is 15.9 Å². The summed E-state index contributed by atoms with van der Waals surface area (Å²) >= 11 is 0. The standard InChI is InChI=1S/C20H32N2O3S/c1-4-5-8-16-11-13-17(14-12-16)20(23)21-15-18-9-6-7-10-19(18)26(24,25)22(2)3/h6-7,9-10,16-17H,4-5,8,11-15H2,1-3H3,(H,21,23). The molecule has 5 nitrogen and oxygen atoms in total. The van der Waals surface area contributed by atoms with Crippen molar-refractivity contribution in [2.45, 2.75) is 63.3 Å². The number of hydrogen-bond acceptors (Lipinski definition) is 3. The molecule has 1 fully saturated rings. The fourth-order valence-corrected chi connectivity index (χ4v) is 4.75. The number of nitrogens with one attached hydrogen (secondary N) is 1. The number of unbranched alkanes of at least 4 members (excludes halogenated alkanes) is 1. The highest BCUT2D eigenvalue weighted by Gasteiger charge is 2.26. The second-order valence-corrected chi connectivity index (χ2v) is 9.59. The van der Waals surface area contributed by atoms with Gasteiger partial charge in [0.2, 0.25) is 15.9 Å². The Morgan fingerprint density at radius 3 is 2.42 bits per heavy atom. The Morgan fingerprint density at radius 2 is 1.81 bits per heavy atom. The maximum atomic E-state index is 12.5. The molecule has 1 N–H and O–H groups in total. The molecule has 1 aliphatic rings. The smallest absolute Gasteiger partial charge is 0.242 e. The molecule has 0 radical (unpaired) electrons. The lowest BCUT2D eigenvalue weighted by molar-refractivity contribution is -0.126. The molecule has 0 bridgehead atoms. The molecule has 0 aliphatic heterocycles. The molecule has 6 heteroatoms. The van der Waals surface area contributed by atoms with Crippen molar-refractivity contribution in [2.24, 2.45) is 11.8 Å². The van der Waals surface area contributed by atoms with Crippen molar-refractivity contribution < 1.29 is 13.2 Å². The zero-order valence-electron chi connectivity index (χ0n) is 16.2. The third-order valence-corrected chi connectivity index (χ3v) is 7.28. The lowest BCUT2D eigenvalue weighted by atomic mass is 9.79. The van der Waals surface area contributed by atoms with Crippen LogP contribution in [0.5, 0.6) is 0 Å². The van der Waals surface area contributed by atoms with Gasteiger partial charge in [-0.2, -0.15) is 0 Å². The van der Waals surface area contributed by atoms with Crippen LogP contribution < -0.4 is 5.32 Å². The van der Waals surface area contributed by atoms with E-state index in [0.29, 0.717) is 5.56 Å². The van der Waals surface area contributed by atoms with Gasteiger partial charge in [-0.1, -0.05) is 44.4 Å². The average molecular weight is 381 g/mol. The van der Waals surface area contributed by atoms with E-state index in [-0.39, 0.29) is 23.3 Å². The molecule has 0 aromatic heterocycles. The molecule has 1 saturated carbocycles. The van der Waals surface area contributed by atoms with E-state index in [1.54, 1.807) is 24.3 Å². The molecule has 0 heterocycles.